The highest BCUT2D eigenvalue weighted by Gasteiger charge is 2.46. The van der Waals surface area contributed by atoms with Gasteiger partial charge in [-0.25, -0.2) is 0 Å². The number of amides is 1. The number of Topliss-reactive ketones (excluding diaryl/α,β-unsaturated/α-hetero) is 1. The molecule has 1 saturated heterocycles. The van der Waals surface area contributed by atoms with Crippen LogP contribution >= 0.6 is 0 Å². The molecule has 1 unspecified atom stereocenters. The number of fused-ring (bicyclic) bond motifs is 1. The first-order chi connectivity index (χ1) is 17.1. The van der Waals surface area contributed by atoms with Gasteiger partial charge in [-0.2, -0.15) is 0 Å². The van der Waals surface area contributed by atoms with E-state index in [1.807, 2.05) is 97.9 Å². The lowest BCUT2D eigenvalue weighted by atomic mass is 9.93. The second kappa shape index (κ2) is 9.47. The van der Waals surface area contributed by atoms with Crippen LogP contribution in [0.2, 0.25) is 0 Å². The first-order valence-corrected chi connectivity index (χ1v) is 11.6. The van der Waals surface area contributed by atoms with Gasteiger partial charge in [0.1, 0.15) is 11.5 Å². The number of aliphatic hydroxyl groups is 1. The van der Waals surface area contributed by atoms with Crippen LogP contribution in [0.4, 0.5) is 0 Å². The summed E-state index contributed by atoms with van der Waals surface area (Å²) in [7, 11) is 0. The van der Waals surface area contributed by atoms with Gasteiger partial charge in [0.25, 0.3) is 11.7 Å². The summed E-state index contributed by atoms with van der Waals surface area (Å²) in [6.07, 6.45) is 0. The second-order valence-corrected chi connectivity index (χ2v) is 8.44. The molecule has 0 radical (unpaired) electrons. The number of hydrogen-bond acceptors (Lipinski definition) is 4. The maximum atomic E-state index is 13.4. The summed E-state index contributed by atoms with van der Waals surface area (Å²) in [5.41, 5.74) is 2.26. The molecule has 4 aromatic carbocycles. The predicted octanol–water partition coefficient (Wildman–Crippen LogP) is 5.86. The summed E-state index contributed by atoms with van der Waals surface area (Å²) in [6.45, 7) is 2.71. The Balaban J connectivity index is 1.63. The highest BCUT2D eigenvalue weighted by Crippen LogP contribution is 2.41. The fraction of sp³-hybridized carbons (Fsp3) is 0.133. The molecule has 4 aromatic rings. The molecule has 0 spiro atoms. The van der Waals surface area contributed by atoms with Crippen molar-refractivity contribution in [3.05, 3.63) is 119 Å². The molecule has 1 aliphatic rings. The Bertz CT molecular complexity index is 1420. The number of benzene rings is 4. The van der Waals surface area contributed by atoms with Gasteiger partial charge in [0.2, 0.25) is 0 Å². The van der Waals surface area contributed by atoms with Crippen molar-refractivity contribution in [2.75, 3.05) is 6.61 Å². The lowest BCUT2D eigenvalue weighted by Crippen LogP contribution is -2.29. The minimum atomic E-state index is -0.707. The van der Waals surface area contributed by atoms with E-state index < -0.39 is 17.7 Å². The van der Waals surface area contributed by atoms with Gasteiger partial charge in [-0.15, -0.1) is 0 Å². The zero-order chi connectivity index (χ0) is 24.4. The van der Waals surface area contributed by atoms with E-state index in [-0.39, 0.29) is 17.9 Å². The highest BCUT2D eigenvalue weighted by atomic mass is 16.5. The maximum Gasteiger partial charge on any atom is 0.295 e. The standard InChI is InChI=1S/C30H25NO4/c1-2-35-23-17-15-20(16-18-23)19-31-27(22-10-4-3-5-11-22)26(29(33)30(31)34)28(32)25-14-8-12-21-9-6-7-13-24(21)25/h3-18,27,32H,2,19H2,1H3/b28-26-. The number of aliphatic hydroxyl groups excluding tert-OH is 1. The molecule has 0 aromatic heterocycles. The van der Waals surface area contributed by atoms with Crippen LogP contribution in [-0.2, 0) is 16.1 Å². The molecule has 174 valence electrons. The Kier molecular flexibility index (Phi) is 6.06. The molecule has 5 nitrogen and oxygen atoms in total. The van der Waals surface area contributed by atoms with Gasteiger partial charge in [0.15, 0.2) is 0 Å². The number of carbonyl (C=O) groups excluding carboxylic acids is 2. The Labute approximate surface area is 203 Å². The normalized spacial score (nSPS) is 17.2. The molecule has 5 rings (SSSR count). The quantitative estimate of drug-likeness (QED) is 0.221. The Morgan fingerprint density at radius 2 is 1.54 bits per heavy atom. The van der Waals surface area contributed by atoms with E-state index >= 15 is 0 Å². The van der Waals surface area contributed by atoms with Crippen LogP contribution in [0.1, 0.15) is 29.7 Å². The molecular weight excluding hydrogens is 438 g/mol. The number of nitrogens with zero attached hydrogens (tertiary/aromatic N) is 1. The topological polar surface area (TPSA) is 66.8 Å². The van der Waals surface area contributed by atoms with E-state index in [4.69, 9.17) is 4.74 Å². The van der Waals surface area contributed by atoms with Gasteiger partial charge in [-0.1, -0.05) is 84.9 Å². The molecular formula is C30H25NO4. The van der Waals surface area contributed by atoms with Crippen molar-refractivity contribution in [1.29, 1.82) is 0 Å². The zero-order valence-electron chi connectivity index (χ0n) is 19.3. The molecule has 1 heterocycles. The van der Waals surface area contributed by atoms with Gasteiger partial charge in [0, 0.05) is 12.1 Å². The molecule has 1 fully saturated rings. The number of hydrogen-bond donors (Lipinski definition) is 1. The van der Waals surface area contributed by atoms with Crippen LogP contribution in [0, 0.1) is 0 Å². The van der Waals surface area contributed by atoms with Gasteiger partial charge >= 0.3 is 0 Å². The SMILES string of the molecule is CCOc1ccc(CN2C(=O)C(=O)/C(=C(\O)c3cccc4ccccc34)C2c2ccccc2)cc1. The van der Waals surface area contributed by atoms with Crippen molar-refractivity contribution in [2.24, 2.45) is 0 Å². The Morgan fingerprint density at radius 3 is 2.29 bits per heavy atom. The molecule has 1 atom stereocenters. The van der Waals surface area contributed by atoms with Crippen molar-refractivity contribution in [2.45, 2.75) is 19.5 Å². The Hall–Kier alpha value is -4.38. The van der Waals surface area contributed by atoms with Gasteiger partial charge < -0.3 is 14.7 Å². The number of carbonyl (C=O) groups is 2. The summed E-state index contributed by atoms with van der Waals surface area (Å²) in [5, 5.41) is 13.2. The molecule has 35 heavy (non-hydrogen) atoms. The lowest BCUT2D eigenvalue weighted by Gasteiger charge is -2.25. The molecule has 0 bridgehead atoms. The summed E-state index contributed by atoms with van der Waals surface area (Å²) in [6, 6.07) is 29.3. The second-order valence-electron chi connectivity index (χ2n) is 8.44. The molecule has 1 N–H and O–H groups in total. The average molecular weight is 464 g/mol. The van der Waals surface area contributed by atoms with Gasteiger partial charge in [-0.05, 0) is 41.0 Å². The largest absolute Gasteiger partial charge is 0.507 e. The molecule has 1 aliphatic heterocycles. The van der Waals surface area contributed by atoms with E-state index in [0.717, 1.165) is 27.6 Å². The van der Waals surface area contributed by atoms with E-state index in [0.29, 0.717) is 12.2 Å². The van der Waals surface area contributed by atoms with Crippen molar-refractivity contribution >= 4 is 28.2 Å². The lowest BCUT2D eigenvalue weighted by molar-refractivity contribution is -0.140. The third-order valence-corrected chi connectivity index (χ3v) is 6.29. The van der Waals surface area contributed by atoms with Crippen molar-refractivity contribution in [3.8, 4) is 5.75 Å². The first-order valence-electron chi connectivity index (χ1n) is 11.6. The van der Waals surface area contributed by atoms with Gasteiger partial charge in [0.05, 0.1) is 18.2 Å². The van der Waals surface area contributed by atoms with Crippen molar-refractivity contribution in [1.82, 2.24) is 4.90 Å². The van der Waals surface area contributed by atoms with Crippen LogP contribution in [-0.4, -0.2) is 28.3 Å². The number of ketones is 1. The summed E-state index contributed by atoms with van der Waals surface area (Å²) in [5.74, 6) is -0.734. The van der Waals surface area contributed by atoms with Crippen LogP contribution < -0.4 is 4.74 Å². The zero-order valence-corrected chi connectivity index (χ0v) is 19.3. The minimum Gasteiger partial charge on any atom is -0.507 e. The predicted molar refractivity (Wildman–Crippen MR) is 136 cm³/mol. The third kappa shape index (κ3) is 4.17. The fourth-order valence-corrected chi connectivity index (χ4v) is 4.66. The summed E-state index contributed by atoms with van der Waals surface area (Å²) < 4.78 is 5.52. The van der Waals surface area contributed by atoms with Crippen LogP contribution in [0.25, 0.3) is 16.5 Å². The Morgan fingerprint density at radius 1 is 0.857 bits per heavy atom. The number of likely N-dealkylation sites (tertiary alicyclic amines) is 1. The smallest absolute Gasteiger partial charge is 0.295 e. The van der Waals surface area contributed by atoms with Crippen LogP contribution in [0.3, 0.4) is 0 Å². The fourth-order valence-electron chi connectivity index (χ4n) is 4.66. The average Bonchev–Trinajstić information content (AvgIpc) is 3.14. The molecule has 1 amide bonds. The molecule has 5 heteroatoms. The van der Waals surface area contributed by atoms with E-state index in [2.05, 4.69) is 0 Å². The maximum absolute atomic E-state index is 13.4. The molecule has 0 saturated carbocycles. The van der Waals surface area contributed by atoms with E-state index in [1.165, 1.54) is 4.90 Å². The monoisotopic (exact) mass is 463 g/mol. The minimum absolute atomic E-state index is 0.100. The van der Waals surface area contributed by atoms with Crippen LogP contribution in [0.15, 0.2) is 103 Å². The molecule has 0 aliphatic carbocycles. The third-order valence-electron chi connectivity index (χ3n) is 6.29. The van der Waals surface area contributed by atoms with Crippen molar-refractivity contribution < 1.29 is 19.4 Å². The number of ether oxygens (including phenoxy) is 1. The van der Waals surface area contributed by atoms with Crippen LogP contribution in [0.5, 0.6) is 5.75 Å². The highest BCUT2D eigenvalue weighted by molar-refractivity contribution is 6.46. The van der Waals surface area contributed by atoms with E-state index in [9.17, 15) is 14.7 Å². The summed E-state index contributed by atoms with van der Waals surface area (Å²) in [4.78, 5) is 28.2. The van der Waals surface area contributed by atoms with Gasteiger partial charge in [-0.3, -0.25) is 9.59 Å². The first kappa shape index (κ1) is 22.4. The van der Waals surface area contributed by atoms with E-state index in [1.54, 1.807) is 6.07 Å². The summed E-state index contributed by atoms with van der Waals surface area (Å²) >= 11 is 0. The van der Waals surface area contributed by atoms with Crippen molar-refractivity contribution in [3.63, 3.8) is 0 Å². The number of rotatable bonds is 6.